The van der Waals surface area contributed by atoms with Crippen LogP contribution in [-0.4, -0.2) is 22.3 Å². The van der Waals surface area contributed by atoms with Crippen molar-refractivity contribution < 1.29 is 4.79 Å². The van der Waals surface area contributed by atoms with E-state index in [0.717, 1.165) is 19.1 Å². The molecule has 0 saturated heterocycles. The molecule has 1 saturated carbocycles. The molecule has 1 aromatic rings. The fraction of sp³-hybridized carbons (Fsp3) is 0.545. The lowest BCUT2D eigenvalue weighted by molar-refractivity contribution is 0.111. The molecule has 0 unspecified atom stereocenters. The Morgan fingerprint density at radius 1 is 1.38 bits per heavy atom. The Kier molecular flexibility index (Phi) is 3.88. The number of hydrogen-bond donors (Lipinski definition) is 1. The third-order valence-corrected chi connectivity index (χ3v) is 3.21. The molecule has 16 heavy (non-hydrogen) atoms. The lowest BCUT2D eigenvalue weighted by Crippen LogP contribution is -2.23. The molecule has 0 spiro atoms. The van der Waals surface area contributed by atoms with Crippen molar-refractivity contribution in [3.05, 3.63) is 16.5 Å². The SMILES string of the molecule is O=Cc1nc(Br)cnc1NC1CCCCC1. The predicted octanol–water partition coefficient (Wildman–Crippen LogP) is 2.80. The first kappa shape index (κ1) is 11.5. The summed E-state index contributed by atoms with van der Waals surface area (Å²) in [6, 6.07) is 0.433. The Labute approximate surface area is 103 Å². The van der Waals surface area contributed by atoms with Crippen molar-refractivity contribution in [3.63, 3.8) is 0 Å². The summed E-state index contributed by atoms with van der Waals surface area (Å²) < 4.78 is 0.587. The molecule has 1 aliphatic carbocycles. The molecule has 0 aliphatic heterocycles. The third kappa shape index (κ3) is 2.78. The van der Waals surface area contributed by atoms with Crippen LogP contribution >= 0.6 is 15.9 Å². The molecule has 0 radical (unpaired) electrons. The fourth-order valence-electron chi connectivity index (χ4n) is 2.01. The number of nitrogens with one attached hydrogen (secondary N) is 1. The van der Waals surface area contributed by atoms with Gasteiger partial charge in [-0.15, -0.1) is 0 Å². The maximum Gasteiger partial charge on any atom is 0.172 e. The van der Waals surface area contributed by atoms with Crippen LogP contribution in [0.15, 0.2) is 10.8 Å². The van der Waals surface area contributed by atoms with Crippen molar-refractivity contribution in [1.29, 1.82) is 0 Å². The predicted molar refractivity (Wildman–Crippen MR) is 65.6 cm³/mol. The van der Waals surface area contributed by atoms with Gasteiger partial charge < -0.3 is 5.32 Å². The van der Waals surface area contributed by atoms with Gasteiger partial charge >= 0.3 is 0 Å². The van der Waals surface area contributed by atoms with Gasteiger partial charge in [-0.05, 0) is 28.8 Å². The minimum absolute atomic E-state index is 0.375. The monoisotopic (exact) mass is 283 g/mol. The van der Waals surface area contributed by atoms with Crippen molar-refractivity contribution in [2.75, 3.05) is 5.32 Å². The normalized spacial score (nSPS) is 17.1. The highest BCUT2D eigenvalue weighted by Crippen LogP contribution is 2.22. The molecule has 0 bridgehead atoms. The van der Waals surface area contributed by atoms with E-state index in [4.69, 9.17) is 0 Å². The summed E-state index contributed by atoms with van der Waals surface area (Å²) in [7, 11) is 0. The molecule has 0 amide bonds. The van der Waals surface area contributed by atoms with E-state index in [-0.39, 0.29) is 0 Å². The van der Waals surface area contributed by atoms with Crippen LogP contribution < -0.4 is 5.32 Å². The molecule has 1 heterocycles. The van der Waals surface area contributed by atoms with Gasteiger partial charge in [0.1, 0.15) is 10.3 Å². The fourth-order valence-corrected chi connectivity index (χ4v) is 2.31. The smallest absolute Gasteiger partial charge is 0.172 e. The quantitative estimate of drug-likeness (QED) is 0.867. The Balaban J connectivity index is 2.10. The van der Waals surface area contributed by atoms with Gasteiger partial charge in [-0.1, -0.05) is 19.3 Å². The van der Waals surface area contributed by atoms with Crippen LogP contribution in [0.5, 0.6) is 0 Å². The highest BCUT2D eigenvalue weighted by atomic mass is 79.9. The topological polar surface area (TPSA) is 54.9 Å². The molecule has 5 heteroatoms. The van der Waals surface area contributed by atoms with E-state index in [1.165, 1.54) is 19.3 Å². The zero-order valence-corrected chi connectivity index (χ0v) is 10.5. The molecular formula is C11H14BrN3O. The van der Waals surface area contributed by atoms with E-state index >= 15 is 0 Å². The van der Waals surface area contributed by atoms with Gasteiger partial charge in [0.15, 0.2) is 12.1 Å². The van der Waals surface area contributed by atoms with Crippen LogP contribution in [0.25, 0.3) is 0 Å². The van der Waals surface area contributed by atoms with E-state index in [1.54, 1.807) is 6.20 Å². The number of carbonyl (C=O) groups excluding carboxylic acids is 1. The maximum atomic E-state index is 10.9. The molecule has 86 valence electrons. The van der Waals surface area contributed by atoms with Crippen LogP contribution in [-0.2, 0) is 0 Å². The number of carbonyl (C=O) groups is 1. The Morgan fingerprint density at radius 2 is 2.12 bits per heavy atom. The zero-order valence-electron chi connectivity index (χ0n) is 8.95. The average Bonchev–Trinajstić information content (AvgIpc) is 2.33. The van der Waals surface area contributed by atoms with Crippen LogP contribution in [0.3, 0.4) is 0 Å². The van der Waals surface area contributed by atoms with E-state index in [1.807, 2.05) is 0 Å². The van der Waals surface area contributed by atoms with Crippen molar-refractivity contribution in [3.8, 4) is 0 Å². The molecular weight excluding hydrogens is 270 g/mol. The first-order chi connectivity index (χ1) is 7.79. The molecule has 1 N–H and O–H groups in total. The number of aromatic nitrogens is 2. The van der Waals surface area contributed by atoms with Gasteiger partial charge in [-0.3, -0.25) is 4.79 Å². The molecule has 0 aromatic carbocycles. The Bertz CT molecular complexity index is 377. The van der Waals surface area contributed by atoms with Crippen LogP contribution in [0.4, 0.5) is 5.82 Å². The number of halogens is 1. The molecule has 0 atom stereocenters. The largest absolute Gasteiger partial charge is 0.365 e. The van der Waals surface area contributed by atoms with E-state index in [2.05, 4.69) is 31.2 Å². The van der Waals surface area contributed by atoms with Gasteiger partial charge in [-0.2, -0.15) is 0 Å². The second-order valence-electron chi connectivity index (χ2n) is 4.02. The summed E-state index contributed by atoms with van der Waals surface area (Å²) in [5.41, 5.74) is 0.375. The van der Waals surface area contributed by atoms with E-state index < -0.39 is 0 Å². The summed E-state index contributed by atoms with van der Waals surface area (Å²) in [5, 5.41) is 3.30. The molecule has 4 nitrogen and oxygen atoms in total. The van der Waals surface area contributed by atoms with E-state index in [9.17, 15) is 4.79 Å². The zero-order chi connectivity index (χ0) is 11.4. The van der Waals surface area contributed by atoms with Gasteiger partial charge in [-0.25, -0.2) is 9.97 Å². The lowest BCUT2D eigenvalue weighted by atomic mass is 9.95. The minimum atomic E-state index is 0.375. The van der Waals surface area contributed by atoms with E-state index in [0.29, 0.717) is 22.2 Å². The van der Waals surface area contributed by atoms with Crippen molar-refractivity contribution in [2.45, 2.75) is 38.1 Å². The lowest BCUT2D eigenvalue weighted by Gasteiger charge is -2.23. The molecule has 1 aliphatic rings. The first-order valence-electron chi connectivity index (χ1n) is 5.54. The highest BCUT2D eigenvalue weighted by molar-refractivity contribution is 9.10. The summed E-state index contributed by atoms with van der Waals surface area (Å²) in [6.45, 7) is 0. The third-order valence-electron chi connectivity index (χ3n) is 2.83. The Morgan fingerprint density at radius 3 is 2.81 bits per heavy atom. The number of hydrogen-bond acceptors (Lipinski definition) is 4. The number of aldehydes is 1. The van der Waals surface area contributed by atoms with Gasteiger partial charge in [0.05, 0.1) is 6.20 Å². The molecule has 2 rings (SSSR count). The van der Waals surface area contributed by atoms with Crippen molar-refractivity contribution in [1.82, 2.24) is 9.97 Å². The van der Waals surface area contributed by atoms with Crippen LogP contribution in [0.2, 0.25) is 0 Å². The molecule has 1 aromatic heterocycles. The number of nitrogens with zero attached hydrogens (tertiary/aromatic N) is 2. The van der Waals surface area contributed by atoms with Gasteiger partial charge in [0, 0.05) is 6.04 Å². The first-order valence-corrected chi connectivity index (χ1v) is 6.33. The highest BCUT2D eigenvalue weighted by Gasteiger charge is 2.15. The standard InChI is InChI=1S/C11H14BrN3O/c12-10-6-13-11(9(7-16)15-10)14-8-4-2-1-3-5-8/h6-8H,1-5H2,(H,13,14). The van der Waals surface area contributed by atoms with Crippen LogP contribution in [0, 0.1) is 0 Å². The second kappa shape index (κ2) is 5.39. The summed E-state index contributed by atoms with van der Waals surface area (Å²) in [4.78, 5) is 19.1. The summed E-state index contributed by atoms with van der Waals surface area (Å²) in [5.74, 6) is 0.602. The summed E-state index contributed by atoms with van der Waals surface area (Å²) >= 11 is 3.20. The number of anilines is 1. The molecule has 1 fully saturated rings. The van der Waals surface area contributed by atoms with Crippen molar-refractivity contribution in [2.24, 2.45) is 0 Å². The minimum Gasteiger partial charge on any atom is -0.365 e. The van der Waals surface area contributed by atoms with Crippen molar-refractivity contribution >= 4 is 28.0 Å². The Hall–Kier alpha value is -0.970. The van der Waals surface area contributed by atoms with Crippen LogP contribution in [0.1, 0.15) is 42.6 Å². The maximum absolute atomic E-state index is 10.9. The average molecular weight is 284 g/mol. The van der Waals surface area contributed by atoms with Gasteiger partial charge in [0.25, 0.3) is 0 Å². The second-order valence-corrected chi connectivity index (χ2v) is 4.84. The van der Waals surface area contributed by atoms with Gasteiger partial charge in [0.2, 0.25) is 0 Å². The number of rotatable bonds is 3. The summed E-state index contributed by atoms with van der Waals surface area (Å²) in [6.07, 6.45) is 8.45.